The molecule has 14 rings (SSSR count). The second-order valence-electron chi connectivity index (χ2n) is 31.1. The van der Waals surface area contributed by atoms with Crippen molar-refractivity contribution >= 4 is 82.6 Å². The normalized spacial score (nSPS) is 18.8. The predicted octanol–water partition coefficient (Wildman–Crippen LogP) is 11.5. The third kappa shape index (κ3) is 16.6. The number of aromatic nitrogens is 8. The first-order chi connectivity index (χ1) is 55.8. The van der Waals surface area contributed by atoms with Gasteiger partial charge in [0.25, 0.3) is 11.8 Å². The van der Waals surface area contributed by atoms with Crippen LogP contribution in [-0.2, 0) is 38.1 Å². The summed E-state index contributed by atoms with van der Waals surface area (Å²) in [4.78, 5) is 176. The molecule has 6 aliphatic heterocycles. The van der Waals surface area contributed by atoms with Crippen LogP contribution in [0.25, 0.3) is 45.0 Å². The van der Waals surface area contributed by atoms with E-state index in [0.29, 0.717) is 167 Å². The maximum Gasteiger partial charge on any atom is 0.407 e. The molecule has 8 aromatic rings. The van der Waals surface area contributed by atoms with Crippen LogP contribution in [0.15, 0.2) is 97.6 Å². The van der Waals surface area contributed by atoms with Crippen molar-refractivity contribution in [2.24, 2.45) is 23.7 Å². The van der Waals surface area contributed by atoms with Gasteiger partial charge in [-0.2, -0.15) is 0 Å². The van der Waals surface area contributed by atoms with Gasteiger partial charge in [0.1, 0.15) is 53.2 Å². The van der Waals surface area contributed by atoms with Crippen molar-refractivity contribution < 1.29 is 71.6 Å². The molecule has 0 aliphatic carbocycles. The zero-order valence-electron chi connectivity index (χ0n) is 66.3. The molecule has 0 bridgehead atoms. The summed E-state index contributed by atoms with van der Waals surface area (Å²) in [5.41, 5.74) is 7.68. The number of alkyl carbamates (subject to hydrolysis) is 4. The van der Waals surface area contributed by atoms with Crippen LogP contribution < -0.4 is 42.0 Å². The van der Waals surface area contributed by atoms with E-state index in [9.17, 15) is 47.9 Å². The second kappa shape index (κ2) is 34.1. The number of nitrogens with zero attached hydrogens (tertiary/aromatic N) is 8. The van der Waals surface area contributed by atoms with Gasteiger partial charge in [-0.15, -0.1) is 0 Å². The van der Waals surface area contributed by atoms with E-state index < -0.39 is 78.4 Å². The summed E-state index contributed by atoms with van der Waals surface area (Å²) in [6.07, 6.45) is 9.38. The molecule has 4 fully saturated rings. The SMILES string of the molecule is COC(=O)NC(C(=O)N1CCCC1c1nc(-c2ccc3c(c2)NC(=O)c2cc(-c4c[nH]c(C5CCCN5C(=O)C(NC(=O)OC)C(C)CCOC(=O)NC(C(=O)N5CCCC5c5nc(-c6ccc7c(c6)NC(=O)c6cc(-c8c[nH]c(C9CCCN9C(=O)C(NC(=O)OC)C(C)C)n8)ccc6O7)c[nH]5)C(C)C)n4)ccc2N3)c[nH]1)C(C)C. The second-order valence-corrected chi connectivity index (χ2v) is 31.1. The topological polar surface area (TPSA) is 429 Å². The smallest absolute Gasteiger partial charge is 0.407 e. The van der Waals surface area contributed by atoms with E-state index >= 15 is 0 Å². The van der Waals surface area contributed by atoms with E-state index in [1.807, 2.05) is 84.0 Å². The highest BCUT2D eigenvalue weighted by molar-refractivity contribution is 6.13. The molecule has 610 valence electrons. The average molecular weight is 1590 g/mol. The van der Waals surface area contributed by atoms with Gasteiger partial charge in [-0.25, -0.2) is 39.1 Å². The molecule has 6 aliphatic rings. The number of ether oxygens (including phenoxy) is 5. The highest BCUT2D eigenvalue weighted by Crippen LogP contribution is 2.44. The Balaban J connectivity index is 0.569. The lowest BCUT2D eigenvalue weighted by Gasteiger charge is -2.31. The van der Waals surface area contributed by atoms with Gasteiger partial charge in [-0.3, -0.25) is 28.8 Å². The minimum atomic E-state index is -1.11. The van der Waals surface area contributed by atoms with Gasteiger partial charge in [-0.05, 0) is 142 Å². The Hall–Kier alpha value is -12.8. The molecule has 9 atom stereocenters. The number of rotatable bonds is 23. The van der Waals surface area contributed by atoms with Crippen molar-refractivity contribution in [3.8, 4) is 56.5 Å². The number of imidazole rings is 4. The molecule has 34 heteroatoms. The van der Waals surface area contributed by atoms with Gasteiger partial charge >= 0.3 is 24.4 Å². The number of methoxy groups -OCH3 is 3. The van der Waals surface area contributed by atoms with Gasteiger partial charge in [0, 0.05) is 73.2 Å². The fourth-order valence-electron chi connectivity index (χ4n) is 16.2. The first-order valence-corrected chi connectivity index (χ1v) is 39.4. The Morgan fingerprint density at radius 1 is 0.414 bits per heavy atom. The molecule has 34 nitrogen and oxygen atoms in total. The van der Waals surface area contributed by atoms with E-state index in [2.05, 4.69) is 57.2 Å². The Bertz CT molecular complexity index is 5080. The predicted molar refractivity (Wildman–Crippen MR) is 425 cm³/mol. The Kier molecular flexibility index (Phi) is 23.5. The molecule has 11 N–H and O–H groups in total. The highest BCUT2D eigenvalue weighted by atomic mass is 16.6. The van der Waals surface area contributed by atoms with E-state index in [0.717, 1.165) is 18.4 Å². The molecule has 0 spiro atoms. The van der Waals surface area contributed by atoms with E-state index in [1.165, 1.54) is 21.3 Å². The minimum Gasteiger partial charge on any atom is -0.454 e. The molecule has 116 heavy (non-hydrogen) atoms. The Morgan fingerprint density at radius 3 is 1.18 bits per heavy atom. The fourth-order valence-corrected chi connectivity index (χ4v) is 16.2. The summed E-state index contributed by atoms with van der Waals surface area (Å²) in [5, 5.41) is 20.4. The molecular weight excluding hydrogens is 1490 g/mol. The van der Waals surface area contributed by atoms with Crippen LogP contribution in [0.5, 0.6) is 11.5 Å². The number of nitrogens with one attached hydrogen (secondary N) is 11. The Morgan fingerprint density at radius 2 is 0.759 bits per heavy atom. The van der Waals surface area contributed by atoms with Gasteiger partial charge in [0.2, 0.25) is 23.6 Å². The molecule has 4 aromatic carbocycles. The fraction of sp³-hybridized carbons (Fsp3) is 0.439. The number of fused-ring (bicyclic) bond motifs is 4. The highest BCUT2D eigenvalue weighted by Gasteiger charge is 2.43. The number of benzene rings is 4. The van der Waals surface area contributed by atoms with Crippen molar-refractivity contribution in [2.45, 2.75) is 155 Å². The van der Waals surface area contributed by atoms with Gasteiger partial charge in [-0.1, -0.05) is 60.6 Å². The maximum absolute atomic E-state index is 14.8. The quantitative estimate of drug-likeness (QED) is 0.0265. The van der Waals surface area contributed by atoms with E-state index in [4.69, 9.17) is 43.6 Å². The number of aromatic amines is 4. The van der Waals surface area contributed by atoms with Crippen LogP contribution in [0, 0.1) is 23.7 Å². The number of likely N-dealkylation sites (tertiary alicyclic amines) is 4. The van der Waals surface area contributed by atoms with Gasteiger partial charge in [0.05, 0.1) is 109 Å². The average Bonchev–Trinajstić information content (AvgIpc) is 1.64. The van der Waals surface area contributed by atoms with E-state index in [1.54, 1.807) is 81.6 Å². The molecule has 4 saturated heterocycles. The summed E-state index contributed by atoms with van der Waals surface area (Å²) >= 11 is 0. The van der Waals surface area contributed by atoms with Crippen molar-refractivity contribution in [1.29, 1.82) is 0 Å². The van der Waals surface area contributed by atoms with Crippen LogP contribution in [0.4, 0.5) is 41.9 Å². The van der Waals surface area contributed by atoms with Crippen molar-refractivity contribution in [1.82, 2.24) is 80.7 Å². The van der Waals surface area contributed by atoms with Crippen molar-refractivity contribution in [3.63, 3.8) is 0 Å². The van der Waals surface area contributed by atoms with Crippen LogP contribution in [0.1, 0.15) is 174 Å². The number of carbonyl (C=O) groups is 10. The lowest BCUT2D eigenvalue weighted by Crippen LogP contribution is -2.52. The van der Waals surface area contributed by atoms with Gasteiger partial charge < -0.3 is 100 Å². The largest absolute Gasteiger partial charge is 0.454 e. The standard InChI is InChI=1S/C82H97N19O15/c1-41(2)65(94-79(108)112-8)75(104)98-28-11-15-59(98)69-84-38-56(89-69)46-21-25-63-50(34-46)74(103)93-54-36-48(22-26-64(54)116-63)58-40-86-71(91-58)61-17-13-30-100(61)77(106)67(43(5)6)96-82(111)115-32-27-44(7)68(97-81(110)114-10)78(107)101-31-14-18-62(101)72-83-37-55(88-72)45-19-23-51-49(33-45)73(102)92-53-35-47(20-24-52(53)87-51)57-39-85-70(90-57)60-16-12-29-99(60)76(105)66(42(3)4)95-80(109)113-9/h19-26,33-44,59-62,65-68,87H,11-18,27-32H2,1-10H3,(H,83,88)(H,84,89)(H,85,90)(H,86,91)(H,92,102)(H,93,103)(H,94,108)(H,95,109)(H,96,111)(H,97,110). The maximum atomic E-state index is 14.8. The lowest BCUT2D eigenvalue weighted by molar-refractivity contribution is -0.136. The Labute approximate surface area is 668 Å². The summed E-state index contributed by atoms with van der Waals surface area (Å²) < 4.78 is 26.7. The number of carbonyl (C=O) groups excluding carboxylic acids is 10. The molecule has 4 aromatic heterocycles. The van der Waals surface area contributed by atoms with Crippen molar-refractivity contribution in [3.05, 3.63) is 132 Å². The number of amides is 10. The monoisotopic (exact) mass is 1590 g/mol. The number of anilines is 4. The summed E-state index contributed by atoms with van der Waals surface area (Å²) in [6, 6.07) is 16.2. The summed E-state index contributed by atoms with van der Waals surface area (Å²) in [6.45, 7) is 14.4. The summed E-state index contributed by atoms with van der Waals surface area (Å²) in [7, 11) is 3.72. The third-order valence-electron chi connectivity index (χ3n) is 22.5. The first-order valence-electron chi connectivity index (χ1n) is 39.4. The zero-order chi connectivity index (χ0) is 81.9. The lowest BCUT2D eigenvalue weighted by atomic mass is 9.97. The minimum absolute atomic E-state index is 0.133. The number of hydrogen-bond acceptors (Lipinski definition) is 20. The third-order valence-corrected chi connectivity index (χ3v) is 22.5. The number of H-pyrrole nitrogens is 4. The zero-order valence-corrected chi connectivity index (χ0v) is 66.3. The molecular formula is C82H97N19O15. The van der Waals surface area contributed by atoms with Crippen LogP contribution in [0.2, 0.25) is 0 Å². The molecule has 0 saturated carbocycles. The molecule has 9 unspecified atom stereocenters. The number of hydrogen-bond donors (Lipinski definition) is 11. The van der Waals surface area contributed by atoms with E-state index in [-0.39, 0.29) is 72.1 Å². The molecule has 10 heterocycles. The van der Waals surface area contributed by atoms with Crippen LogP contribution in [0.3, 0.4) is 0 Å². The van der Waals surface area contributed by atoms with Crippen LogP contribution in [-0.4, -0.2) is 198 Å². The van der Waals surface area contributed by atoms with Gasteiger partial charge in [0.15, 0.2) is 5.75 Å². The first kappa shape index (κ1) is 79.8. The van der Waals surface area contributed by atoms with Crippen LogP contribution >= 0.6 is 0 Å². The molecule has 0 radical (unpaired) electrons. The van der Waals surface area contributed by atoms with Crippen molar-refractivity contribution in [2.75, 3.05) is 70.1 Å². The molecule has 10 amide bonds. The summed E-state index contributed by atoms with van der Waals surface area (Å²) in [5.74, 6) is -0.317.